The van der Waals surface area contributed by atoms with Gasteiger partial charge in [-0.3, -0.25) is 4.79 Å². The van der Waals surface area contributed by atoms with Crippen molar-refractivity contribution < 1.29 is 14.7 Å². The molecule has 2 rings (SSSR count). The third-order valence-corrected chi connectivity index (χ3v) is 3.88. The first kappa shape index (κ1) is 13.1. The molecule has 1 aromatic rings. The molecule has 1 aliphatic carbocycles. The van der Waals surface area contributed by atoms with E-state index in [2.05, 4.69) is 21.2 Å². The second-order valence-corrected chi connectivity index (χ2v) is 5.40. The Hall–Kier alpha value is -1.36. The Labute approximate surface area is 114 Å². The van der Waals surface area contributed by atoms with Crippen molar-refractivity contribution in [1.29, 1.82) is 0 Å². The van der Waals surface area contributed by atoms with Gasteiger partial charge in [-0.05, 0) is 52.9 Å². The predicted molar refractivity (Wildman–Crippen MR) is 71.7 cm³/mol. The highest BCUT2D eigenvalue weighted by atomic mass is 79.9. The lowest BCUT2D eigenvalue weighted by Crippen LogP contribution is -2.21. The average molecular weight is 312 g/mol. The molecule has 0 saturated heterocycles. The summed E-state index contributed by atoms with van der Waals surface area (Å²) in [6.45, 7) is 0. The zero-order chi connectivity index (χ0) is 13.1. The molecule has 0 atom stereocenters. The molecular weight excluding hydrogens is 298 g/mol. The summed E-state index contributed by atoms with van der Waals surface area (Å²) in [5.74, 6) is -0.564. The molecule has 18 heavy (non-hydrogen) atoms. The van der Waals surface area contributed by atoms with E-state index in [0.717, 1.165) is 12.8 Å². The van der Waals surface area contributed by atoms with E-state index in [1.165, 1.54) is 18.6 Å². The van der Waals surface area contributed by atoms with Gasteiger partial charge in [0.25, 0.3) is 0 Å². The zero-order valence-corrected chi connectivity index (χ0v) is 11.4. The molecule has 0 aromatic heterocycles. The van der Waals surface area contributed by atoms with Gasteiger partial charge in [-0.15, -0.1) is 0 Å². The number of rotatable bonds is 4. The minimum absolute atomic E-state index is 0.0528. The Balaban J connectivity index is 2.04. The summed E-state index contributed by atoms with van der Waals surface area (Å²) in [7, 11) is 0. The van der Waals surface area contributed by atoms with E-state index in [9.17, 15) is 9.59 Å². The molecule has 0 heterocycles. The van der Waals surface area contributed by atoms with Gasteiger partial charge in [-0.25, -0.2) is 4.79 Å². The lowest BCUT2D eigenvalue weighted by Gasteiger charge is -2.24. The van der Waals surface area contributed by atoms with Crippen molar-refractivity contribution in [1.82, 2.24) is 0 Å². The fourth-order valence-electron chi connectivity index (χ4n) is 1.91. The summed E-state index contributed by atoms with van der Waals surface area (Å²) in [5.41, 5.74) is 0.677. The summed E-state index contributed by atoms with van der Waals surface area (Å²) in [6.07, 6.45) is 3.95. The molecule has 2 N–H and O–H groups in total. The van der Waals surface area contributed by atoms with E-state index in [1.54, 1.807) is 6.07 Å². The van der Waals surface area contributed by atoms with Crippen LogP contribution in [0.1, 0.15) is 36.0 Å². The minimum Gasteiger partial charge on any atom is -0.478 e. The fraction of sp³-hybridized carbons (Fsp3) is 0.385. The number of carboxylic acids is 1. The van der Waals surface area contributed by atoms with Crippen molar-refractivity contribution in [3.8, 4) is 0 Å². The van der Waals surface area contributed by atoms with Crippen molar-refractivity contribution in [2.75, 3.05) is 5.32 Å². The summed E-state index contributed by atoms with van der Waals surface area (Å²) >= 11 is 3.30. The number of halogens is 1. The molecule has 0 radical (unpaired) electrons. The number of hydrogen-bond donors (Lipinski definition) is 2. The Bertz CT molecular complexity index is 483. The van der Waals surface area contributed by atoms with E-state index in [-0.39, 0.29) is 11.5 Å². The number of hydrogen-bond acceptors (Lipinski definition) is 2. The highest BCUT2D eigenvalue weighted by Gasteiger charge is 2.21. The maximum absolute atomic E-state index is 11.8. The van der Waals surface area contributed by atoms with Crippen LogP contribution in [-0.4, -0.2) is 17.0 Å². The molecule has 1 fully saturated rings. The highest BCUT2D eigenvalue weighted by Crippen LogP contribution is 2.30. The van der Waals surface area contributed by atoms with Crippen LogP contribution in [0.3, 0.4) is 0 Å². The first-order valence-corrected chi connectivity index (χ1v) is 6.68. The summed E-state index contributed by atoms with van der Waals surface area (Å²) < 4.78 is 0.689. The number of amides is 1. The molecule has 96 valence electrons. The maximum atomic E-state index is 11.8. The van der Waals surface area contributed by atoms with Crippen LogP contribution in [0.15, 0.2) is 22.7 Å². The minimum atomic E-state index is -1.00. The molecule has 1 saturated carbocycles. The zero-order valence-electron chi connectivity index (χ0n) is 9.78. The largest absolute Gasteiger partial charge is 0.478 e. The second kappa shape index (κ2) is 5.52. The highest BCUT2D eigenvalue weighted by molar-refractivity contribution is 9.10. The molecule has 0 spiro atoms. The Kier molecular flexibility index (Phi) is 4.01. The normalized spacial score (nSPS) is 14.9. The van der Waals surface area contributed by atoms with Crippen molar-refractivity contribution in [3.05, 3.63) is 28.2 Å². The van der Waals surface area contributed by atoms with Crippen LogP contribution in [0.25, 0.3) is 0 Å². The van der Waals surface area contributed by atoms with Crippen LogP contribution >= 0.6 is 15.9 Å². The van der Waals surface area contributed by atoms with Crippen LogP contribution in [0.2, 0.25) is 0 Å². The van der Waals surface area contributed by atoms with Crippen LogP contribution < -0.4 is 5.32 Å². The maximum Gasteiger partial charge on any atom is 0.335 e. The SMILES string of the molecule is O=C(CC1CCC1)Nc1cc(C(=O)O)ccc1Br. The summed E-state index contributed by atoms with van der Waals surface area (Å²) in [4.78, 5) is 22.6. The molecular formula is C13H14BrNO3. The summed E-state index contributed by atoms with van der Waals surface area (Å²) in [6, 6.07) is 4.58. The first-order valence-electron chi connectivity index (χ1n) is 5.89. The van der Waals surface area contributed by atoms with Gasteiger partial charge in [-0.2, -0.15) is 0 Å². The number of anilines is 1. The third-order valence-electron chi connectivity index (χ3n) is 3.19. The number of carboxylic acid groups (broad SMARTS) is 1. The molecule has 1 amide bonds. The molecule has 4 nitrogen and oxygen atoms in total. The molecule has 1 aromatic carbocycles. The predicted octanol–water partition coefficient (Wildman–Crippen LogP) is 3.28. The molecule has 0 unspecified atom stereocenters. The average Bonchev–Trinajstić information content (AvgIpc) is 2.26. The van der Waals surface area contributed by atoms with Gasteiger partial charge in [-0.1, -0.05) is 6.42 Å². The molecule has 0 aliphatic heterocycles. The van der Waals surface area contributed by atoms with Crippen LogP contribution in [-0.2, 0) is 4.79 Å². The third kappa shape index (κ3) is 3.10. The van der Waals surface area contributed by atoms with E-state index >= 15 is 0 Å². The van der Waals surface area contributed by atoms with Gasteiger partial charge in [0.2, 0.25) is 5.91 Å². The Morgan fingerprint density at radius 3 is 2.67 bits per heavy atom. The number of nitrogens with one attached hydrogen (secondary N) is 1. The second-order valence-electron chi connectivity index (χ2n) is 4.55. The van der Waals surface area contributed by atoms with Crippen molar-refractivity contribution >= 4 is 33.5 Å². The number of carbonyl (C=O) groups excluding carboxylic acids is 1. The van der Waals surface area contributed by atoms with Gasteiger partial charge in [0.15, 0.2) is 0 Å². The number of carbonyl (C=O) groups is 2. The topological polar surface area (TPSA) is 66.4 Å². The van der Waals surface area contributed by atoms with Crippen molar-refractivity contribution in [2.45, 2.75) is 25.7 Å². The van der Waals surface area contributed by atoms with Crippen LogP contribution in [0.5, 0.6) is 0 Å². The Morgan fingerprint density at radius 2 is 2.11 bits per heavy atom. The fourth-order valence-corrected chi connectivity index (χ4v) is 2.26. The van der Waals surface area contributed by atoms with E-state index in [0.29, 0.717) is 22.5 Å². The number of aromatic carboxylic acids is 1. The first-order chi connectivity index (χ1) is 8.56. The standard InChI is InChI=1S/C13H14BrNO3/c14-10-5-4-9(13(17)18)7-11(10)15-12(16)6-8-2-1-3-8/h4-5,7-8H,1-3,6H2,(H,15,16)(H,17,18). The van der Waals surface area contributed by atoms with Gasteiger partial charge in [0.1, 0.15) is 0 Å². The van der Waals surface area contributed by atoms with Gasteiger partial charge >= 0.3 is 5.97 Å². The molecule has 0 bridgehead atoms. The monoisotopic (exact) mass is 311 g/mol. The van der Waals surface area contributed by atoms with E-state index < -0.39 is 5.97 Å². The van der Waals surface area contributed by atoms with Gasteiger partial charge in [0.05, 0.1) is 11.3 Å². The van der Waals surface area contributed by atoms with Crippen molar-refractivity contribution in [3.63, 3.8) is 0 Å². The quantitative estimate of drug-likeness (QED) is 0.896. The van der Waals surface area contributed by atoms with Gasteiger partial charge in [0, 0.05) is 10.9 Å². The van der Waals surface area contributed by atoms with E-state index in [4.69, 9.17) is 5.11 Å². The molecule has 5 heteroatoms. The van der Waals surface area contributed by atoms with E-state index in [1.807, 2.05) is 0 Å². The summed E-state index contributed by atoms with van der Waals surface area (Å²) in [5, 5.41) is 11.7. The van der Waals surface area contributed by atoms with Crippen LogP contribution in [0, 0.1) is 5.92 Å². The lowest BCUT2D eigenvalue weighted by molar-refractivity contribution is -0.117. The smallest absolute Gasteiger partial charge is 0.335 e. The van der Waals surface area contributed by atoms with Crippen molar-refractivity contribution in [2.24, 2.45) is 5.92 Å². The Morgan fingerprint density at radius 1 is 1.39 bits per heavy atom. The molecule has 1 aliphatic rings. The number of benzene rings is 1. The lowest BCUT2D eigenvalue weighted by atomic mass is 9.83. The van der Waals surface area contributed by atoms with Gasteiger partial charge < -0.3 is 10.4 Å². The van der Waals surface area contributed by atoms with Crippen LogP contribution in [0.4, 0.5) is 5.69 Å².